The lowest BCUT2D eigenvalue weighted by Gasteiger charge is -2.28. The lowest BCUT2D eigenvalue weighted by atomic mass is 9.86. The summed E-state index contributed by atoms with van der Waals surface area (Å²) in [6.45, 7) is 9.98. The molecule has 0 rings (SSSR count). The van der Waals surface area contributed by atoms with E-state index in [1.54, 1.807) is 20.8 Å². The maximum Gasteiger partial charge on any atom is 0.326 e. The predicted octanol–water partition coefficient (Wildman–Crippen LogP) is 1.61. The number of carbonyl (C=O) groups is 2. The fraction of sp³-hybridized carbons (Fsp3) is 0.857. The smallest absolute Gasteiger partial charge is 0.326 e. The summed E-state index contributed by atoms with van der Waals surface area (Å²) in [5.41, 5.74) is 5.13. The molecule has 0 aliphatic heterocycles. The Bertz CT molecular complexity index is 308. The van der Waals surface area contributed by atoms with Gasteiger partial charge < -0.3 is 16.2 Å². The summed E-state index contributed by atoms with van der Waals surface area (Å²) in [7, 11) is 0. The average Bonchev–Trinajstić information content (AvgIpc) is 2.22. The highest BCUT2D eigenvalue weighted by Gasteiger charge is 2.32. The van der Waals surface area contributed by atoms with Gasteiger partial charge in [-0.25, -0.2) is 4.79 Å². The summed E-state index contributed by atoms with van der Waals surface area (Å²) in [6.07, 6.45) is 1.16. The highest BCUT2D eigenvalue weighted by molar-refractivity contribution is 5.84. The Labute approximate surface area is 115 Å². The van der Waals surface area contributed by atoms with Gasteiger partial charge in [-0.15, -0.1) is 0 Å². The summed E-state index contributed by atoms with van der Waals surface area (Å²) in [5, 5.41) is 11.8. The van der Waals surface area contributed by atoms with E-state index < -0.39 is 17.4 Å². The second-order valence-electron chi connectivity index (χ2n) is 6.64. The summed E-state index contributed by atoms with van der Waals surface area (Å²) in [4.78, 5) is 23.1. The second kappa shape index (κ2) is 7.48. The van der Waals surface area contributed by atoms with E-state index in [0.29, 0.717) is 12.5 Å². The van der Waals surface area contributed by atoms with Crippen LogP contribution >= 0.6 is 0 Å². The third-order valence-electron chi connectivity index (χ3n) is 3.03. The molecule has 4 N–H and O–H groups in total. The first-order valence-corrected chi connectivity index (χ1v) is 6.80. The fourth-order valence-corrected chi connectivity index (χ4v) is 2.06. The van der Waals surface area contributed by atoms with Crippen molar-refractivity contribution in [3.05, 3.63) is 0 Å². The number of nitrogens with one attached hydrogen (secondary N) is 1. The molecular weight excluding hydrogens is 244 g/mol. The minimum absolute atomic E-state index is 0.106. The maximum absolute atomic E-state index is 11.9. The van der Waals surface area contributed by atoms with Crippen molar-refractivity contribution < 1.29 is 14.7 Å². The molecule has 0 aromatic carbocycles. The van der Waals surface area contributed by atoms with Gasteiger partial charge in [-0.05, 0) is 30.2 Å². The molecule has 0 bridgehead atoms. The molecular formula is C14H28N2O3. The Morgan fingerprint density at radius 1 is 1.26 bits per heavy atom. The van der Waals surface area contributed by atoms with Crippen LogP contribution in [0.15, 0.2) is 0 Å². The minimum atomic E-state index is -1.01. The van der Waals surface area contributed by atoms with Crippen molar-refractivity contribution in [2.45, 2.75) is 53.5 Å². The molecule has 19 heavy (non-hydrogen) atoms. The van der Waals surface area contributed by atoms with Crippen LogP contribution in [0.2, 0.25) is 0 Å². The normalized spacial score (nSPS) is 15.1. The van der Waals surface area contributed by atoms with Crippen LogP contribution in [0.5, 0.6) is 0 Å². The maximum atomic E-state index is 11.9. The van der Waals surface area contributed by atoms with E-state index >= 15 is 0 Å². The Kier molecular flexibility index (Phi) is 7.05. The number of aliphatic carboxylic acids is 1. The Morgan fingerprint density at radius 3 is 2.11 bits per heavy atom. The van der Waals surface area contributed by atoms with Gasteiger partial charge in [-0.1, -0.05) is 34.6 Å². The molecule has 0 heterocycles. The SMILES string of the molecule is CC(C)CC(CN)CC(=O)N[C@H](C(=O)O)C(C)(C)C. The molecule has 0 fully saturated rings. The van der Waals surface area contributed by atoms with Crippen LogP contribution < -0.4 is 11.1 Å². The van der Waals surface area contributed by atoms with Crippen LogP contribution in [0.4, 0.5) is 0 Å². The van der Waals surface area contributed by atoms with Crippen molar-refractivity contribution in [2.24, 2.45) is 23.0 Å². The summed E-state index contributed by atoms with van der Waals surface area (Å²) >= 11 is 0. The van der Waals surface area contributed by atoms with Gasteiger partial charge in [0, 0.05) is 6.42 Å². The Morgan fingerprint density at radius 2 is 1.79 bits per heavy atom. The average molecular weight is 272 g/mol. The van der Waals surface area contributed by atoms with Gasteiger partial charge in [0.05, 0.1) is 0 Å². The molecule has 0 saturated carbocycles. The van der Waals surface area contributed by atoms with Crippen LogP contribution in [0.3, 0.4) is 0 Å². The summed E-state index contributed by atoms with van der Waals surface area (Å²) in [6, 6.07) is -0.877. The highest BCUT2D eigenvalue weighted by atomic mass is 16.4. The van der Waals surface area contributed by atoms with Crippen molar-refractivity contribution in [1.29, 1.82) is 0 Å². The van der Waals surface area contributed by atoms with E-state index in [-0.39, 0.29) is 18.2 Å². The van der Waals surface area contributed by atoms with Crippen LogP contribution in [-0.4, -0.2) is 29.6 Å². The molecule has 5 heteroatoms. The number of nitrogens with two attached hydrogens (primary N) is 1. The van der Waals surface area contributed by atoms with Crippen molar-refractivity contribution in [3.8, 4) is 0 Å². The van der Waals surface area contributed by atoms with Gasteiger partial charge in [0.25, 0.3) is 0 Å². The topological polar surface area (TPSA) is 92.4 Å². The zero-order chi connectivity index (χ0) is 15.2. The number of hydrogen-bond acceptors (Lipinski definition) is 3. The van der Waals surface area contributed by atoms with Crippen molar-refractivity contribution in [3.63, 3.8) is 0 Å². The molecule has 0 saturated heterocycles. The number of rotatable bonds is 7. The van der Waals surface area contributed by atoms with Crippen LogP contribution in [0, 0.1) is 17.3 Å². The molecule has 0 aromatic rings. The van der Waals surface area contributed by atoms with Gasteiger partial charge in [-0.3, -0.25) is 4.79 Å². The van der Waals surface area contributed by atoms with E-state index in [1.807, 2.05) is 0 Å². The Balaban J connectivity index is 4.53. The first-order valence-electron chi connectivity index (χ1n) is 6.80. The molecule has 1 amide bonds. The van der Waals surface area contributed by atoms with E-state index in [4.69, 9.17) is 10.8 Å². The van der Waals surface area contributed by atoms with Gasteiger partial charge in [0.1, 0.15) is 6.04 Å². The third kappa shape index (κ3) is 7.15. The molecule has 2 atom stereocenters. The van der Waals surface area contributed by atoms with Crippen LogP contribution in [-0.2, 0) is 9.59 Å². The number of hydrogen-bond donors (Lipinski definition) is 3. The predicted molar refractivity (Wildman–Crippen MR) is 75.6 cm³/mol. The molecule has 112 valence electrons. The summed E-state index contributed by atoms with van der Waals surface area (Å²) < 4.78 is 0. The molecule has 5 nitrogen and oxygen atoms in total. The first kappa shape index (κ1) is 17.9. The van der Waals surface area contributed by atoms with E-state index in [9.17, 15) is 9.59 Å². The van der Waals surface area contributed by atoms with E-state index in [0.717, 1.165) is 6.42 Å². The van der Waals surface area contributed by atoms with Gasteiger partial charge in [-0.2, -0.15) is 0 Å². The zero-order valence-electron chi connectivity index (χ0n) is 12.7. The van der Waals surface area contributed by atoms with Crippen molar-refractivity contribution in [2.75, 3.05) is 6.54 Å². The van der Waals surface area contributed by atoms with Crippen LogP contribution in [0.25, 0.3) is 0 Å². The number of carboxylic acids is 1. The molecule has 1 unspecified atom stereocenters. The van der Waals surface area contributed by atoms with E-state index in [1.165, 1.54) is 0 Å². The van der Waals surface area contributed by atoms with Gasteiger partial charge >= 0.3 is 5.97 Å². The molecule has 0 aliphatic rings. The largest absolute Gasteiger partial charge is 0.480 e. The van der Waals surface area contributed by atoms with Crippen molar-refractivity contribution in [1.82, 2.24) is 5.32 Å². The van der Waals surface area contributed by atoms with E-state index in [2.05, 4.69) is 19.2 Å². The van der Waals surface area contributed by atoms with Crippen molar-refractivity contribution >= 4 is 11.9 Å². The minimum Gasteiger partial charge on any atom is -0.480 e. The summed E-state index contributed by atoms with van der Waals surface area (Å²) in [5.74, 6) is -0.666. The molecule has 0 spiro atoms. The molecule has 0 radical (unpaired) electrons. The monoisotopic (exact) mass is 272 g/mol. The molecule has 0 aliphatic carbocycles. The number of amides is 1. The second-order valence-corrected chi connectivity index (χ2v) is 6.64. The third-order valence-corrected chi connectivity index (χ3v) is 3.03. The quantitative estimate of drug-likeness (QED) is 0.656. The number of carbonyl (C=O) groups excluding carboxylic acids is 1. The lowest BCUT2D eigenvalue weighted by molar-refractivity contribution is -0.145. The fourth-order valence-electron chi connectivity index (χ4n) is 2.06. The zero-order valence-corrected chi connectivity index (χ0v) is 12.7. The highest BCUT2D eigenvalue weighted by Crippen LogP contribution is 2.20. The van der Waals surface area contributed by atoms with Crippen LogP contribution in [0.1, 0.15) is 47.5 Å². The van der Waals surface area contributed by atoms with Gasteiger partial charge in [0.15, 0.2) is 0 Å². The standard InChI is InChI=1S/C14H28N2O3/c1-9(2)6-10(8-15)7-11(17)16-12(13(18)19)14(3,4)5/h9-10,12H,6-8,15H2,1-5H3,(H,16,17)(H,18,19)/t10?,12-/m1/s1. The first-order chi connectivity index (χ1) is 8.57. The Hall–Kier alpha value is -1.10. The van der Waals surface area contributed by atoms with Gasteiger partial charge in [0.2, 0.25) is 5.91 Å². The lowest BCUT2D eigenvalue weighted by Crippen LogP contribution is -2.49. The molecule has 0 aromatic heterocycles. The number of carboxylic acid groups (broad SMARTS) is 1.